The minimum atomic E-state index is 1.02. The Morgan fingerprint density at radius 1 is 1.09 bits per heavy atom. The minimum absolute atomic E-state index is 1.02. The van der Waals surface area contributed by atoms with Gasteiger partial charge in [0.15, 0.2) is 0 Å². The fourth-order valence-corrected chi connectivity index (χ4v) is 2.00. The van der Waals surface area contributed by atoms with Gasteiger partial charge in [-0.05, 0) is 11.8 Å². The zero-order chi connectivity index (χ0) is 8.69. The van der Waals surface area contributed by atoms with Crippen molar-refractivity contribution in [3.05, 3.63) is 0 Å². The lowest BCUT2D eigenvalue weighted by Gasteiger charge is -2.27. The van der Waals surface area contributed by atoms with Crippen LogP contribution in [0, 0.1) is 11.8 Å². The van der Waals surface area contributed by atoms with Crippen LogP contribution in [0.3, 0.4) is 0 Å². The van der Waals surface area contributed by atoms with Gasteiger partial charge in [0.25, 0.3) is 0 Å². The van der Waals surface area contributed by atoms with E-state index < -0.39 is 0 Å². The second kappa shape index (κ2) is 6.69. The first-order chi connectivity index (χ1) is 5.34. The quantitative estimate of drug-likeness (QED) is 0.532. The Bertz CT molecular complexity index is 76.1. The summed E-state index contributed by atoms with van der Waals surface area (Å²) in [6.07, 6.45) is 7.36. The van der Waals surface area contributed by atoms with Crippen LogP contribution in [-0.2, 0) is 0 Å². The van der Waals surface area contributed by atoms with Gasteiger partial charge in [0.1, 0.15) is 0 Å². The first kappa shape index (κ1) is 11.0. The average Bonchev–Trinajstić information content (AvgIpc) is 2.09. The Labute approximate surface area is 72.4 Å². The second-order valence-electron chi connectivity index (χ2n) is 3.43. The lowest BCUT2D eigenvalue weighted by Crippen LogP contribution is -2.15. The molecule has 0 saturated heterocycles. The van der Waals surface area contributed by atoms with Crippen LogP contribution in [0.25, 0.3) is 0 Å². The van der Waals surface area contributed by atoms with Gasteiger partial charge in [-0.3, -0.25) is 0 Å². The van der Waals surface area contributed by atoms with Gasteiger partial charge in [-0.1, -0.05) is 59.8 Å². The van der Waals surface area contributed by atoms with Crippen molar-refractivity contribution in [3.8, 4) is 0 Å². The molecule has 0 aromatic rings. The second-order valence-corrected chi connectivity index (χ2v) is 3.43. The molecule has 0 aromatic carbocycles. The predicted octanol–water partition coefficient (Wildman–Crippen LogP) is 4.25. The van der Waals surface area contributed by atoms with Crippen LogP contribution in [0.4, 0.5) is 0 Å². The molecule has 0 aliphatic heterocycles. The van der Waals surface area contributed by atoms with Crippen LogP contribution in [0.2, 0.25) is 0 Å². The standard InChI is InChI=1S/C9H18.C2H6/c1-3-9-7-5-4-6-8(9)2;1-2/h8-9H,3-7H2,1-2H3;1-2H3/t8?,9-;/m1./s1. The predicted molar refractivity (Wildman–Crippen MR) is 52.8 cm³/mol. The Hall–Kier alpha value is 0. The molecule has 0 heterocycles. The van der Waals surface area contributed by atoms with Crippen LogP contribution in [0.5, 0.6) is 0 Å². The normalized spacial score (nSPS) is 30.5. The number of rotatable bonds is 1. The van der Waals surface area contributed by atoms with Crippen molar-refractivity contribution >= 4 is 0 Å². The van der Waals surface area contributed by atoms with Gasteiger partial charge in [0, 0.05) is 0 Å². The van der Waals surface area contributed by atoms with Crippen LogP contribution in [0.15, 0.2) is 0 Å². The molecule has 0 heteroatoms. The molecule has 1 fully saturated rings. The van der Waals surface area contributed by atoms with E-state index in [4.69, 9.17) is 0 Å². The highest BCUT2D eigenvalue weighted by molar-refractivity contribution is 4.70. The molecule has 0 spiro atoms. The van der Waals surface area contributed by atoms with Crippen LogP contribution in [-0.4, -0.2) is 0 Å². The molecule has 1 aliphatic carbocycles. The highest BCUT2D eigenvalue weighted by Crippen LogP contribution is 2.31. The van der Waals surface area contributed by atoms with Crippen molar-refractivity contribution in [1.29, 1.82) is 0 Å². The zero-order valence-corrected chi connectivity index (χ0v) is 8.69. The number of hydrogen-bond donors (Lipinski definition) is 0. The van der Waals surface area contributed by atoms with Gasteiger partial charge in [-0.25, -0.2) is 0 Å². The highest BCUT2D eigenvalue weighted by atomic mass is 14.2. The van der Waals surface area contributed by atoms with Crippen molar-refractivity contribution in [3.63, 3.8) is 0 Å². The minimum Gasteiger partial charge on any atom is -0.0683 e. The van der Waals surface area contributed by atoms with E-state index in [1.807, 2.05) is 13.8 Å². The molecule has 68 valence electrons. The van der Waals surface area contributed by atoms with E-state index in [0.29, 0.717) is 0 Å². The largest absolute Gasteiger partial charge is 0.0683 e. The summed E-state index contributed by atoms with van der Waals surface area (Å²) >= 11 is 0. The van der Waals surface area contributed by atoms with Crippen molar-refractivity contribution in [2.24, 2.45) is 11.8 Å². The maximum Gasteiger partial charge on any atom is -0.0391 e. The lowest BCUT2D eigenvalue weighted by molar-refractivity contribution is 0.249. The molecular formula is C11H24. The maximum atomic E-state index is 2.41. The van der Waals surface area contributed by atoms with E-state index in [2.05, 4.69) is 13.8 Å². The van der Waals surface area contributed by atoms with Crippen LogP contribution >= 0.6 is 0 Å². The Balaban J connectivity index is 0.000000461. The Kier molecular flexibility index (Phi) is 6.69. The fraction of sp³-hybridized carbons (Fsp3) is 1.00. The monoisotopic (exact) mass is 156 g/mol. The summed E-state index contributed by atoms with van der Waals surface area (Å²) in [7, 11) is 0. The molecule has 1 rings (SSSR count). The summed E-state index contributed by atoms with van der Waals surface area (Å²) < 4.78 is 0. The van der Waals surface area contributed by atoms with Gasteiger partial charge in [0.2, 0.25) is 0 Å². The van der Waals surface area contributed by atoms with E-state index in [1.165, 1.54) is 32.1 Å². The third-order valence-corrected chi connectivity index (χ3v) is 2.81. The SMILES string of the molecule is CC.CC[C@@H]1CCCCC1C. The first-order valence-electron chi connectivity index (χ1n) is 5.34. The lowest BCUT2D eigenvalue weighted by atomic mass is 9.79. The van der Waals surface area contributed by atoms with Crippen molar-refractivity contribution in [2.45, 2.75) is 59.8 Å². The summed E-state index contributed by atoms with van der Waals surface area (Å²) in [6.45, 7) is 8.74. The molecule has 0 radical (unpaired) electrons. The van der Waals surface area contributed by atoms with E-state index >= 15 is 0 Å². The molecule has 1 aliphatic rings. The smallest absolute Gasteiger partial charge is 0.0391 e. The highest BCUT2D eigenvalue weighted by Gasteiger charge is 2.18. The van der Waals surface area contributed by atoms with E-state index in [1.54, 1.807) is 0 Å². The van der Waals surface area contributed by atoms with E-state index in [0.717, 1.165) is 11.8 Å². The molecule has 11 heavy (non-hydrogen) atoms. The number of hydrogen-bond acceptors (Lipinski definition) is 0. The first-order valence-corrected chi connectivity index (χ1v) is 5.34. The van der Waals surface area contributed by atoms with Gasteiger partial charge in [-0.2, -0.15) is 0 Å². The summed E-state index contributed by atoms with van der Waals surface area (Å²) in [5.74, 6) is 2.07. The average molecular weight is 156 g/mol. The summed E-state index contributed by atoms with van der Waals surface area (Å²) in [5.41, 5.74) is 0. The molecule has 2 atom stereocenters. The van der Waals surface area contributed by atoms with Crippen molar-refractivity contribution < 1.29 is 0 Å². The molecular weight excluding hydrogens is 132 g/mol. The fourth-order valence-electron chi connectivity index (χ4n) is 2.00. The van der Waals surface area contributed by atoms with E-state index in [9.17, 15) is 0 Å². The maximum absolute atomic E-state index is 2.41. The van der Waals surface area contributed by atoms with Crippen LogP contribution < -0.4 is 0 Å². The third kappa shape index (κ3) is 3.79. The van der Waals surface area contributed by atoms with Gasteiger partial charge >= 0.3 is 0 Å². The van der Waals surface area contributed by atoms with Gasteiger partial charge in [-0.15, -0.1) is 0 Å². The topological polar surface area (TPSA) is 0 Å². The molecule has 1 saturated carbocycles. The molecule has 0 bridgehead atoms. The molecule has 0 amide bonds. The summed E-state index contributed by atoms with van der Waals surface area (Å²) in [5, 5.41) is 0. The Morgan fingerprint density at radius 2 is 1.64 bits per heavy atom. The van der Waals surface area contributed by atoms with E-state index in [-0.39, 0.29) is 0 Å². The molecule has 0 aromatic heterocycles. The summed E-state index contributed by atoms with van der Waals surface area (Å²) in [4.78, 5) is 0. The third-order valence-electron chi connectivity index (χ3n) is 2.81. The molecule has 0 nitrogen and oxygen atoms in total. The van der Waals surface area contributed by atoms with Gasteiger partial charge < -0.3 is 0 Å². The molecule has 1 unspecified atom stereocenters. The molecule has 0 N–H and O–H groups in total. The zero-order valence-electron chi connectivity index (χ0n) is 8.69. The van der Waals surface area contributed by atoms with Crippen molar-refractivity contribution in [2.75, 3.05) is 0 Å². The summed E-state index contributed by atoms with van der Waals surface area (Å²) in [6, 6.07) is 0. The van der Waals surface area contributed by atoms with Crippen molar-refractivity contribution in [1.82, 2.24) is 0 Å². The Morgan fingerprint density at radius 3 is 2.00 bits per heavy atom. The van der Waals surface area contributed by atoms with Crippen LogP contribution in [0.1, 0.15) is 59.8 Å². The van der Waals surface area contributed by atoms with Gasteiger partial charge in [0.05, 0.1) is 0 Å².